The monoisotopic (exact) mass is 202 g/mol. The lowest BCUT2D eigenvalue weighted by molar-refractivity contribution is -0.141. The Morgan fingerprint density at radius 3 is 2.43 bits per heavy atom. The van der Waals surface area contributed by atoms with Crippen LogP contribution in [0.5, 0.6) is 0 Å². The maximum Gasteiger partial charge on any atom is 0.305 e. The number of carbonyl (C=O) groups excluding carboxylic acids is 1. The molecule has 0 aliphatic rings. The summed E-state index contributed by atoms with van der Waals surface area (Å²) in [5.74, 6) is -0.139. The zero-order chi connectivity index (χ0) is 11.0. The number of carbonyl (C=O) groups is 1. The van der Waals surface area contributed by atoms with Crippen molar-refractivity contribution >= 4 is 5.97 Å². The molecule has 0 saturated carbocycles. The molecule has 0 bridgehead atoms. The van der Waals surface area contributed by atoms with Gasteiger partial charge in [0.1, 0.15) is 0 Å². The van der Waals surface area contributed by atoms with Gasteiger partial charge in [0.25, 0.3) is 0 Å². The van der Waals surface area contributed by atoms with E-state index in [2.05, 4.69) is 18.6 Å². The fourth-order valence-electron chi connectivity index (χ4n) is 1.38. The third kappa shape index (κ3) is 6.89. The van der Waals surface area contributed by atoms with Crippen LogP contribution in [0.25, 0.3) is 0 Å². The maximum atomic E-state index is 10.9. The summed E-state index contributed by atoms with van der Waals surface area (Å²) in [6.45, 7) is 4.55. The minimum Gasteiger partial charge on any atom is -0.469 e. The Kier molecular flexibility index (Phi) is 6.54. The Hall–Kier alpha value is -0.570. The van der Waals surface area contributed by atoms with Crippen LogP contribution in [0, 0.1) is 5.41 Å². The SMILES string of the molecule is COC(=O)CCC(C)(C)CCCCO. The highest BCUT2D eigenvalue weighted by Crippen LogP contribution is 2.28. The summed E-state index contributed by atoms with van der Waals surface area (Å²) in [7, 11) is 1.42. The zero-order valence-electron chi connectivity index (χ0n) is 9.51. The van der Waals surface area contributed by atoms with E-state index in [1.807, 2.05) is 0 Å². The van der Waals surface area contributed by atoms with E-state index in [4.69, 9.17) is 5.11 Å². The lowest BCUT2D eigenvalue weighted by Gasteiger charge is -2.23. The van der Waals surface area contributed by atoms with Gasteiger partial charge < -0.3 is 9.84 Å². The summed E-state index contributed by atoms with van der Waals surface area (Å²) in [4.78, 5) is 10.9. The molecule has 0 aliphatic heterocycles. The van der Waals surface area contributed by atoms with Crippen LogP contribution in [0.2, 0.25) is 0 Å². The Morgan fingerprint density at radius 1 is 1.29 bits per heavy atom. The number of hydrogen-bond acceptors (Lipinski definition) is 3. The molecule has 3 heteroatoms. The Balaban J connectivity index is 3.65. The van der Waals surface area contributed by atoms with Gasteiger partial charge in [-0.2, -0.15) is 0 Å². The molecule has 84 valence electrons. The van der Waals surface area contributed by atoms with E-state index < -0.39 is 0 Å². The second kappa shape index (κ2) is 6.82. The van der Waals surface area contributed by atoms with Crippen molar-refractivity contribution in [3.63, 3.8) is 0 Å². The smallest absolute Gasteiger partial charge is 0.305 e. The van der Waals surface area contributed by atoms with E-state index in [0.717, 1.165) is 25.7 Å². The maximum absolute atomic E-state index is 10.9. The molecule has 0 aromatic carbocycles. The second-order valence-corrected chi connectivity index (χ2v) is 4.42. The summed E-state index contributed by atoms with van der Waals surface area (Å²) < 4.78 is 4.59. The predicted octanol–water partition coefficient (Wildman–Crippen LogP) is 2.13. The highest BCUT2D eigenvalue weighted by Gasteiger charge is 2.18. The number of methoxy groups -OCH3 is 1. The van der Waals surface area contributed by atoms with Gasteiger partial charge >= 0.3 is 5.97 Å². The molecular weight excluding hydrogens is 180 g/mol. The van der Waals surface area contributed by atoms with E-state index in [9.17, 15) is 4.79 Å². The average Bonchev–Trinajstić information content (AvgIpc) is 2.14. The summed E-state index contributed by atoms with van der Waals surface area (Å²) in [6.07, 6.45) is 4.25. The number of ether oxygens (including phenoxy) is 1. The fourth-order valence-corrected chi connectivity index (χ4v) is 1.38. The van der Waals surface area contributed by atoms with Gasteiger partial charge in [-0.1, -0.05) is 20.3 Å². The number of unbranched alkanes of at least 4 members (excludes halogenated alkanes) is 1. The highest BCUT2D eigenvalue weighted by molar-refractivity contribution is 5.69. The number of aliphatic hydroxyl groups is 1. The molecule has 0 radical (unpaired) electrons. The minimum atomic E-state index is -0.139. The van der Waals surface area contributed by atoms with Crippen LogP contribution in [0.15, 0.2) is 0 Å². The molecule has 0 unspecified atom stereocenters. The van der Waals surface area contributed by atoms with Crippen LogP contribution in [-0.2, 0) is 9.53 Å². The zero-order valence-corrected chi connectivity index (χ0v) is 9.51. The first kappa shape index (κ1) is 13.4. The van der Waals surface area contributed by atoms with E-state index in [1.54, 1.807) is 0 Å². The van der Waals surface area contributed by atoms with Gasteiger partial charge in [0.05, 0.1) is 7.11 Å². The van der Waals surface area contributed by atoms with Crippen LogP contribution >= 0.6 is 0 Å². The van der Waals surface area contributed by atoms with Crippen molar-refractivity contribution in [3.05, 3.63) is 0 Å². The van der Waals surface area contributed by atoms with Crippen LogP contribution < -0.4 is 0 Å². The van der Waals surface area contributed by atoms with Gasteiger partial charge in [0.2, 0.25) is 0 Å². The van der Waals surface area contributed by atoms with Crippen molar-refractivity contribution in [2.75, 3.05) is 13.7 Å². The molecule has 0 amide bonds. The molecule has 0 atom stereocenters. The molecular formula is C11H22O3. The van der Waals surface area contributed by atoms with Gasteiger partial charge in [-0.25, -0.2) is 0 Å². The Morgan fingerprint density at radius 2 is 1.93 bits per heavy atom. The van der Waals surface area contributed by atoms with Gasteiger partial charge in [-0.15, -0.1) is 0 Å². The van der Waals surface area contributed by atoms with Gasteiger partial charge in [0, 0.05) is 13.0 Å². The standard InChI is InChI=1S/C11H22O3/c1-11(2,7-4-5-9-12)8-6-10(13)14-3/h12H,4-9H2,1-3H3. The molecule has 3 nitrogen and oxygen atoms in total. The first-order chi connectivity index (χ1) is 6.52. The normalized spacial score (nSPS) is 11.4. The number of esters is 1. The largest absolute Gasteiger partial charge is 0.469 e. The van der Waals surface area contributed by atoms with Crippen molar-refractivity contribution < 1.29 is 14.6 Å². The van der Waals surface area contributed by atoms with Crippen LogP contribution in [0.4, 0.5) is 0 Å². The first-order valence-corrected chi connectivity index (χ1v) is 5.19. The number of aliphatic hydroxyl groups excluding tert-OH is 1. The van der Waals surface area contributed by atoms with Crippen LogP contribution in [0.3, 0.4) is 0 Å². The average molecular weight is 202 g/mol. The molecule has 0 heterocycles. The molecule has 0 aliphatic carbocycles. The van der Waals surface area contributed by atoms with E-state index in [1.165, 1.54) is 7.11 Å². The van der Waals surface area contributed by atoms with Crippen molar-refractivity contribution in [2.24, 2.45) is 5.41 Å². The van der Waals surface area contributed by atoms with E-state index in [0.29, 0.717) is 6.42 Å². The van der Waals surface area contributed by atoms with Crippen molar-refractivity contribution in [1.29, 1.82) is 0 Å². The summed E-state index contributed by atoms with van der Waals surface area (Å²) in [5, 5.41) is 8.65. The van der Waals surface area contributed by atoms with Gasteiger partial charge in [-0.3, -0.25) is 4.79 Å². The number of hydrogen-bond donors (Lipinski definition) is 1. The summed E-state index contributed by atoms with van der Waals surface area (Å²) >= 11 is 0. The van der Waals surface area contributed by atoms with Gasteiger partial charge in [0.15, 0.2) is 0 Å². The Bertz CT molecular complexity index is 164. The van der Waals surface area contributed by atoms with Crippen LogP contribution in [-0.4, -0.2) is 24.8 Å². The quantitative estimate of drug-likeness (QED) is 0.508. The van der Waals surface area contributed by atoms with E-state index >= 15 is 0 Å². The molecule has 0 aromatic rings. The Labute approximate surface area is 86.5 Å². The molecule has 1 N–H and O–H groups in total. The summed E-state index contributed by atoms with van der Waals surface area (Å²) in [5.41, 5.74) is 0.170. The van der Waals surface area contributed by atoms with E-state index in [-0.39, 0.29) is 18.0 Å². The molecule has 0 spiro atoms. The molecule has 0 saturated heterocycles. The third-order valence-corrected chi connectivity index (χ3v) is 2.50. The molecule has 0 rings (SSSR count). The lowest BCUT2D eigenvalue weighted by Crippen LogP contribution is -2.14. The summed E-state index contributed by atoms with van der Waals surface area (Å²) in [6, 6.07) is 0. The van der Waals surface area contributed by atoms with Crippen LogP contribution in [0.1, 0.15) is 46.0 Å². The highest BCUT2D eigenvalue weighted by atomic mass is 16.5. The van der Waals surface area contributed by atoms with Gasteiger partial charge in [-0.05, 0) is 24.7 Å². The first-order valence-electron chi connectivity index (χ1n) is 5.19. The molecule has 0 aromatic heterocycles. The third-order valence-electron chi connectivity index (χ3n) is 2.50. The van der Waals surface area contributed by atoms with Crippen molar-refractivity contribution in [2.45, 2.75) is 46.0 Å². The molecule has 14 heavy (non-hydrogen) atoms. The van der Waals surface area contributed by atoms with Crippen molar-refractivity contribution in [3.8, 4) is 0 Å². The predicted molar refractivity (Wildman–Crippen MR) is 56.0 cm³/mol. The fraction of sp³-hybridized carbons (Fsp3) is 0.909. The molecule has 0 fully saturated rings. The number of rotatable bonds is 7. The topological polar surface area (TPSA) is 46.5 Å². The lowest BCUT2D eigenvalue weighted by atomic mass is 9.83. The second-order valence-electron chi connectivity index (χ2n) is 4.42. The minimum absolute atomic E-state index is 0.139. The van der Waals surface area contributed by atoms with Crippen molar-refractivity contribution in [1.82, 2.24) is 0 Å².